The molecule has 560 valence electrons. The number of aryl methyl sites for hydroxylation is 2. The molecule has 7 aromatic carbocycles. The van der Waals surface area contributed by atoms with E-state index in [0.717, 1.165) is 22.4 Å². The topological polar surface area (TPSA) is 548 Å². The number of aromatic amines is 2. The molecule has 0 bridgehead atoms. The van der Waals surface area contributed by atoms with Gasteiger partial charge in [0.15, 0.2) is 35.2 Å². The lowest BCUT2D eigenvalue weighted by molar-refractivity contribution is -0.195. The highest BCUT2D eigenvalue weighted by molar-refractivity contribution is 6.22. The van der Waals surface area contributed by atoms with Crippen molar-refractivity contribution in [2.75, 3.05) is 42.8 Å². The Morgan fingerprint density at radius 1 is 0.582 bits per heavy atom. The number of nitriles is 4. The number of benzene rings is 7. The molecule has 0 radical (unpaired) electrons. The number of aromatic nitrogens is 8. The van der Waals surface area contributed by atoms with Crippen molar-refractivity contribution >= 4 is 80.3 Å². The quantitative estimate of drug-likeness (QED) is 0.00743. The molecule has 7 aromatic rings. The van der Waals surface area contributed by atoms with E-state index >= 15 is 0 Å². The van der Waals surface area contributed by atoms with Gasteiger partial charge in [-0.25, -0.2) is 33.9 Å². The van der Waals surface area contributed by atoms with Gasteiger partial charge in [-0.05, 0) is 84.9 Å². The van der Waals surface area contributed by atoms with E-state index in [-0.39, 0.29) is 42.5 Å². The zero-order chi connectivity index (χ0) is 79.7. The molecule has 13 rings (SSSR count). The predicted molar refractivity (Wildman–Crippen MR) is 397 cm³/mol. The van der Waals surface area contributed by atoms with Crippen LogP contribution < -0.4 is 50.3 Å². The van der Waals surface area contributed by atoms with Gasteiger partial charge in [0, 0.05) is 32.8 Å². The normalized spacial score (nSPS) is 14.7. The molecule has 34 nitrogen and oxygen atoms in total. The van der Waals surface area contributed by atoms with E-state index in [2.05, 4.69) is 47.9 Å². The number of para-hydroxylation sites is 8. The molecule has 34 heteroatoms. The number of amides is 2. The van der Waals surface area contributed by atoms with Gasteiger partial charge in [-0.1, -0.05) is 110 Å². The summed E-state index contributed by atoms with van der Waals surface area (Å²) in [4.78, 5) is 136. The summed E-state index contributed by atoms with van der Waals surface area (Å²) in [6.45, 7) is 4.19. The summed E-state index contributed by atoms with van der Waals surface area (Å²) in [7, 11) is 1.39. The molecule has 4 atom stereocenters. The van der Waals surface area contributed by atoms with Gasteiger partial charge in [0.05, 0.1) is 111 Å². The van der Waals surface area contributed by atoms with Gasteiger partial charge < -0.3 is 65.5 Å². The molecule has 6 heterocycles. The predicted octanol–water partition coefficient (Wildman–Crippen LogP) is 5.09. The number of imide groups is 1. The number of fused-ring (bicyclic) bond motifs is 4. The lowest BCUT2D eigenvalue weighted by Gasteiger charge is -2.22. The van der Waals surface area contributed by atoms with Crippen LogP contribution in [-0.2, 0) is 51.2 Å². The fourth-order valence-electron chi connectivity index (χ4n) is 9.98. The molecule has 0 aromatic heterocycles. The molecule has 0 spiro atoms. The minimum atomic E-state index is -3.03. The van der Waals surface area contributed by atoms with Crippen LogP contribution in [0, 0.1) is 45.3 Å². The molecule has 2 saturated heterocycles. The van der Waals surface area contributed by atoms with Crippen molar-refractivity contribution in [1.29, 1.82) is 21.0 Å². The average Bonchev–Trinajstić information content (AvgIpc) is 1.28. The first-order valence-electron chi connectivity index (χ1n) is 32.8. The number of methoxy groups -OCH3 is 1. The monoisotopic (exact) mass is 1490 g/mol. The first-order valence-corrected chi connectivity index (χ1v) is 32.8. The van der Waals surface area contributed by atoms with Crippen LogP contribution >= 0.6 is 0 Å². The molecule has 0 saturated carbocycles. The van der Waals surface area contributed by atoms with E-state index < -0.39 is 94.8 Å². The molecule has 110 heavy (non-hydrogen) atoms. The summed E-state index contributed by atoms with van der Waals surface area (Å²) >= 11 is 0. The summed E-state index contributed by atoms with van der Waals surface area (Å²) in [5, 5.41) is 55.3. The van der Waals surface area contributed by atoms with Crippen molar-refractivity contribution in [3.63, 3.8) is 0 Å². The number of piperidine rings is 1. The zero-order valence-corrected chi connectivity index (χ0v) is 58.4. The molecular formula is C76H69N17O17. The number of rotatable bonds is 15. The summed E-state index contributed by atoms with van der Waals surface area (Å²) < 4.78 is 31.4. The van der Waals surface area contributed by atoms with Crippen LogP contribution in [0.4, 0.5) is 22.7 Å². The number of nitrogens with zero attached hydrogens (tertiary/aromatic N) is 10. The third kappa shape index (κ3) is 22.8. The fourth-order valence-corrected chi connectivity index (χ4v) is 9.98. The number of nitrogens with two attached hydrogens (primary N) is 3. The maximum Gasteiger partial charge on any atom is 0.349 e. The minimum Gasteiger partial charge on any atom is -0.459 e. The van der Waals surface area contributed by atoms with E-state index in [1.54, 1.807) is 148 Å². The third-order valence-corrected chi connectivity index (χ3v) is 15.2. The van der Waals surface area contributed by atoms with Crippen LogP contribution in [0.1, 0.15) is 56.8 Å². The van der Waals surface area contributed by atoms with Gasteiger partial charge in [0.1, 0.15) is 12.7 Å². The highest BCUT2D eigenvalue weighted by Crippen LogP contribution is 2.30. The Bertz CT molecular complexity index is 5220. The van der Waals surface area contributed by atoms with E-state index in [4.69, 9.17) is 72.1 Å². The zero-order valence-electron chi connectivity index (χ0n) is 58.4. The van der Waals surface area contributed by atoms with Crippen molar-refractivity contribution in [2.24, 2.45) is 0 Å². The van der Waals surface area contributed by atoms with E-state index in [1.165, 1.54) is 13.2 Å². The Kier molecular flexibility index (Phi) is 30.6. The van der Waals surface area contributed by atoms with Crippen molar-refractivity contribution in [3.8, 4) is 47.3 Å². The van der Waals surface area contributed by atoms with Gasteiger partial charge in [0.25, 0.3) is 17.0 Å². The fraction of sp³-hybridized carbons (Fsp3) is 0.184. The van der Waals surface area contributed by atoms with E-state index in [0.29, 0.717) is 65.2 Å². The number of hydrogen-bond donors (Lipinski definition) is 9. The van der Waals surface area contributed by atoms with Crippen LogP contribution in [0.5, 0.6) is 0 Å². The standard InChI is InChI=1S/C27H24O8.2C13H9N5O2.C9H11N3.C6H8N2.C5H5NO5.C3H3N/c1-31-23-22(34-25(29)19-13-7-3-8-14-19)21(17-32-24(28)18-11-5-2-6-12-18)33-27(23)35-26(30)20-15-9-4-10-16-20;2*14-6-3-7-18-9-5-2-1-4-8(9)15-10-11(18)16-13(20)17-12(10)19;10-6-3-7-12-9-5-2-1-4-8(9)11;7-5-3-1-2-4-6(5)8;7-2-1-3(8)6-4(9)5(2,10)11;1-2-3-4/h2-16,21-23,27H,17H2,1H3;2*1-2,4-5H,3,7H2,(H,17,19,20);1-2,4-5,12H,3,7,11H2;1-4H,7-8H2;10-11H,1H2,(H,6,8,9);2H,1H2/t21-,22-,23-,27-;;;;;;/m1....../s1. The lowest BCUT2D eigenvalue weighted by atomic mass is 10.0. The Hall–Kier alpha value is -14.9. The average molecular weight is 1490 g/mol. The summed E-state index contributed by atoms with van der Waals surface area (Å²) in [5.74, 6) is -7.86. The number of ether oxygens (including phenoxy) is 5. The van der Waals surface area contributed by atoms with Gasteiger partial charge in [0.2, 0.25) is 18.0 Å². The summed E-state index contributed by atoms with van der Waals surface area (Å²) in [6, 6.07) is 62.3. The van der Waals surface area contributed by atoms with Crippen LogP contribution in [0.3, 0.4) is 0 Å². The van der Waals surface area contributed by atoms with Gasteiger partial charge in [-0.3, -0.25) is 39.3 Å². The second kappa shape index (κ2) is 40.9. The van der Waals surface area contributed by atoms with Crippen molar-refractivity contribution in [2.45, 2.75) is 69.2 Å². The lowest BCUT2D eigenvalue weighted by Crippen LogP contribution is -2.59. The number of ketones is 1. The first kappa shape index (κ1) is 82.3. The minimum absolute atomic E-state index is 0.0984. The molecule has 0 aliphatic carbocycles. The second-order valence-electron chi connectivity index (χ2n) is 22.7. The van der Waals surface area contributed by atoms with Gasteiger partial charge in [-0.2, -0.15) is 31.0 Å². The molecule has 2 fully saturated rings. The number of nitrogen functional groups attached to an aromatic ring is 3. The van der Waals surface area contributed by atoms with E-state index in [1.807, 2.05) is 72.8 Å². The Morgan fingerprint density at radius 3 is 1.43 bits per heavy atom. The van der Waals surface area contributed by atoms with Crippen LogP contribution in [-0.4, -0.2) is 135 Å². The van der Waals surface area contributed by atoms with Crippen molar-refractivity contribution < 1.29 is 62.7 Å². The van der Waals surface area contributed by atoms with Crippen LogP contribution in [0.2, 0.25) is 0 Å². The largest absolute Gasteiger partial charge is 0.459 e. The number of nitrogens with one attached hydrogen (secondary N) is 4. The highest BCUT2D eigenvalue weighted by atomic mass is 16.7. The Morgan fingerprint density at radius 2 is 1.00 bits per heavy atom. The molecule has 6 aliphatic rings. The maximum atomic E-state index is 12.8. The Labute approximate surface area is 624 Å². The molecule has 2 amide bonds. The number of anilines is 4. The highest BCUT2D eigenvalue weighted by Gasteiger charge is 2.51. The number of hydrogen-bond acceptors (Lipinski definition) is 29. The van der Waals surface area contributed by atoms with Crippen molar-refractivity contribution in [3.05, 3.63) is 259 Å². The first-order chi connectivity index (χ1) is 53.0. The second-order valence-corrected chi connectivity index (χ2v) is 22.7. The maximum absolute atomic E-state index is 12.8. The van der Waals surface area contributed by atoms with Crippen molar-refractivity contribution in [1.82, 2.24) is 44.4 Å². The van der Waals surface area contributed by atoms with Gasteiger partial charge >= 0.3 is 35.1 Å². The van der Waals surface area contributed by atoms with Gasteiger partial charge in [-0.15, -0.1) is 0 Å². The number of aliphatic hydroxyl groups is 2. The molecule has 12 N–H and O–H groups in total. The van der Waals surface area contributed by atoms with E-state index in [9.17, 15) is 47.9 Å². The number of esters is 3. The van der Waals surface area contributed by atoms with Crippen LogP contribution in [0.15, 0.2) is 220 Å². The number of carbonyl (C=O) groups excluding carboxylic acids is 6. The molecule has 6 aliphatic heterocycles. The smallest absolute Gasteiger partial charge is 0.349 e. The number of Topliss-reactive ketones (excluding diaryl/α,β-unsaturated/α-hetero) is 1. The summed E-state index contributed by atoms with van der Waals surface area (Å²) in [5.41, 5.74) is 20.7. The SMILES string of the molecule is C=CC#N.CO[C@H]1[C@@H](OC(=O)c2ccccc2)O[C@H](COC(=O)c2ccccc2)[C@H]1OC(=O)c1ccccc1.N#CCCNc1ccccc1N.N#CCCn1c2nc(=O)[nH]c(=O)c-2nc2ccccc21.N#CCCn1c2nc(=O)[nH]c(=O)c-2nc2ccccc21.Nc1ccccc1N.O=C1CC(=O)C(O)(O)C(=O)N1. The Balaban J connectivity index is 0.000000194. The van der Waals surface area contributed by atoms with Crippen LogP contribution in [0.25, 0.3) is 45.1 Å². The third-order valence-electron chi connectivity index (χ3n) is 15.2. The number of carbonyl (C=O) groups is 6. The summed E-state index contributed by atoms with van der Waals surface area (Å²) in [6.07, 6.45) is -2.60. The molecular weight excluding hydrogens is 1420 g/mol. The molecule has 0 unspecified atom stereocenters. The number of allylic oxidation sites excluding steroid dienone is 1. The number of H-pyrrole nitrogens is 2.